The van der Waals surface area contributed by atoms with Crippen molar-refractivity contribution in [2.45, 2.75) is 5.37 Å². The highest BCUT2D eigenvalue weighted by Crippen LogP contribution is 2.44. The Kier molecular flexibility index (Phi) is 2.45. The monoisotopic (exact) mass is 260 g/mol. The minimum absolute atomic E-state index is 0.0573. The standard InChI is InChI=1S/C12H8N2O3S/c15-10-8(5-7-1-3-13-4-2-7)11-14(10)9(6-18-11)12(16)17/h1-6,11H,(H,16,17). The largest absolute Gasteiger partial charge is 0.477 e. The van der Waals surface area contributed by atoms with Gasteiger partial charge in [-0.05, 0) is 23.8 Å². The van der Waals surface area contributed by atoms with Crippen molar-refractivity contribution in [1.29, 1.82) is 0 Å². The number of hydrogen-bond donors (Lipinski definition) is 1. The number of carboxylic acids is 1. The first-order chi connectivity index (χ1) is 8.68. The molecule has 2 aliphatic rings. The second kappa shape index (κ2) is 3.99. The maximum Gasteiger partial charge on any atom is 0.353 e. The predicted molar refractivity (Wildman–Crippen MR) is 66.2 cm³/mol. The number of rotatable bonds is 2. The average molecular weight is 260 g/mol. The summed E-state index contributed by atoms with van der Waals surface area (Å²) < 4.78 is 0. The molecule has 0 saturated carbocycles. The summed E-state index contributed by atoms with van der Waals surface area (Å²) in [6.45, 7) is 0. The van der Waals surface area contributed by atoms with Gasteiger partial charge in [0.2, 0.25) is 0 Å². The number of aromatic nitrogens is 1. The highest BCUT2D eigenvalue weighted by Gasteiger charge is 2.49. The minimum Gasteiger partial charge on any atom is -0.477 e. The SMILES string of the molecule is O=C(O)C1=CSC2C(=Cc3ccncc3)C(=O)N12. The molecule has 0 aromatic carbocycles. The Balaban J connectivity index is 1.87. The van der Waals surface area contributed by atoms with E-state index < -0.39 is 5.97 Å². The third-order valence-electron chi connectivity index (χ3n) is 2.78. The molecule has 3 heterocycles. The van der Waals surface area contributed by atoms with E-state index in [0.29, 0.717) is 5.57 Å². The fraction of sp³-hybridized carbons (Fsp3) is 0.0833. The fourth-order valence-electron chi connectivity index (χ4n) is 1.91. The van der Waals surface area contributed by atoms with E-state index in [1.807, 2.05) is 0 Å². The summed E-state index contributed by atoms with van der Waals surface area (Å²) in [5.74, 6) is -1.31. The molecule has 1 fully saturated rings. The van der Waals surface area contributed by atoms with Crippen LogP contribution in [0.25, 0.3) is 6.08 Å². The number of carboxylic acid groups (broad SMARTS) is 1. The van der Waals surface area contributed by atoms with Gasteiger partial charge in [0.15, 0.2) is 0 Å². The van der Waals surface area contributed by atoms with Gasteiger partial charge in [0.25, 0.3) is 5.91 Å². The Labute approximate surface area is 107 Å². The summed E-state index contributed by atoms with van der Waals surface area (Å²) in [4.78, 5) is 28.0. The lowest BCUT2D eigenvalue weighted by Gasteiger charge is -2.37. The van der Waals surface area contributed by atoms with Crippen molar-refractivity contribution in [2.24, 2.45) is 0 Å². The molecular weight excluding hydrogens is 252 g/mol. The molecule has 1 N–H and O–H groups in total. The summed E-state index contributed by atoms with van der Waals surface area (Å²) in [5, 5.41) is 10.2. The Bertz CT molecular complexity index is 595. The van der Waals surface area contributed by atoms with Gasteiger partial charge in [0, 0.05) is 17.8 Å². The quantitative estimate of drug-likeness (QED) is 0.641. The van der Waals surface area contributed by atoms with Gasteiger partial charge in [-0.3, -0.25) is 14.7 Å². The molecule has 18 heavy (non-hydrogen) atoms. The zero-order valence-corrected chi connectivity index (χ0v) is 9.92. The van der Waals surface area contributed by atoms with Crippen molar-refractivity contribution in [2.75, 3.05) is 0 Å². The number of pyridine rings is 1. The summed E-state index contributed by atoms with van der Waals surface area (Å²) in [6.07, 6.45) is 5.07. The number of aliphatic carboxylic acids is 1. The molecule has 0 bridgehead atoms. The lowest BCUT2D eigenvalue weighted by molar-refractivity contribution is -0.141. The normalized spacial score (nSPS) is 23.7. The summed E-state index contributed by atoms with van der Waals surface area (Å²) >= 11 is 1.34. The Hall–Kier alpha value is -2.08. The molecule has 0 spiro atoms. The minimum atomic E-state index is -1.07. The average Bonchev–Trinajstić information content (AvgIpc) is 2.77. The van der Waals surface area contributed by atoms with Crippen molar-refractivity contribution < 1.29 is 14.7 Å². The van der Waals surface area contributed by atoms with Gasteiger partial charge in [-0.15, -0.1) is 11.8 Å². The number of β-lactam (4-membered cyclic amide) rings is 1. The predicted octanol–water partition coefficient (Wildman–Crippen LogP) is 1.31. The van der Waals surface area contributed by atoms with E-state index in [1.165, 1.54) is 22.1 Å². The summed E-state index contributed by atoms with van der Waals surface area (Å²) in [7, 11) is 0. The maximum atomic E-state index is 11.9. The van der Waals surface area contributed by atoms with Crippen LogP contribution in [0, 0.1) is 0 Å². The van der Waals surface area contributed by atoms with Gasteiger partial charge in [0.05, 0.1) is 5.57 Å². The van der Waals surface area contributed by atoms with Crippen molar-refractivity contribution in [3.8, 4) is 0 Å². The van der Waals surface area contributed by atoms with E-state index in [0.717, 1.165) is 5.56 Å². The van der Waals surface area contributed by atoms with Crippen molar-refractivity contribution in [1.82, 2.24) is 9.88 Å². The molecule has 1 unspecified atom stereocenters. The molecule has 6 heteroatoms. The van der Waals surface area contributed by atoms with Crippen LogP contribution >= 0.6 is 11.8 Å². The van der Waals surface area contributed by atoms with Gasteiger partial charge in [-0.1, -0.05) is 0 Å². The summed E-state index contributed by atoms with van der Waals surface area (Å²) in [6, 6.07) is 3.60. The number of thioether (sulfide) groups is 1. The van der Waals surface area contributed by atoms with E-state index >= 15 is 0 Å². The molecule has 1 saturated heterocycles. The number of hydrogen-bond acceptors (Lipinski definition) is 4. The van der Waals surface area contributed by atoms with Gasteiger partial charge in [-0.25, -0.2) is 4.79 Å². The maximum absolute atomic E-state index is 11.9. The van der Waals surface area contributed by atoms with Gasteiger partial charge in [-0.2, -0.15) is 0 Å². The van der Waals surface area contributed by atoms with Crippen molar-refractivity contribution in [3.05, 3.63) is 46.8 Å². The number of nitrogens with zero attached hydrogens (tertiary/aromatic N) is 2. The third kappa shape index (κ3) is 1.53. The molecular formula is C12H8N2O3S. The molecule has 90 valence electrons. The van der Waals surface area contributed by atoms with E-state index in [9.17, 15) is 9.59 Å². The van der Waals surface area contributed by atoms with Crippen LogP contribution in [-0.4, -0.2) is 32.2 Å². The Morgan fingerprint density at radius 2 is 2.17 bits per heavy atom. The van der Waals surface area contributed by atoms with Crippen LogP contribution in [0.3, 0.4) is 0 Å². The number of amides is 1. The van der Waals surface area contributed by atoms with E-state index in [4.69, 9.17) is 5.11 Å². The van der Waals surface area contributed by atoms with Crippen molar-refractivity contribution in [3.63, 3.8) is 0 Å². The molecule has 1 aromatic rings. The first-order valence-electron chi connectivity index (χ1n) is 5.22. The zero-order valence-electron chi connectivity index (χ0n) is 9.11. The topological polar surface area (TPSA) is 70.5 Å². The van der Waals surface area contributed by atoms with Crippen LogP contribution < -0.4 is 0 Å². The van der Waals surface area contributed by atoms with Gasteiger partial charge in [0.1, 0.15) is 11.1 Å². The van der Waals surface area contributed by atoms with Crippen LogP contribution in [0.1, 0.15) is 5.56 Å². The summed E-state index contributed by atoms with van der Waals surface area (Å²) in [5.41, 5.74) is 1.57. The number of carbonyl (C=O) groups is 2. The van der Waals surface area contributed by atoms with Crippen LogP contribution in [0.15, 0.2) is 41.2 Å². The smallest absolute Gasteiger partial charge is 0.353 e. The second-order valence-electron chi connectivity index (χ2n) is 3.85. The second-order valence-corrected chi connectivity index (χ2v) is 4.81. The Morgan fingerprint density at radius 3 is 2.83 bits per heavy atom. The number of fused-ring (bicyclic) bond motifs is 1. The van der Waals surface area contributed by atoms with Gasteiger partial charge < -0.3 is 5.11 Å². The molecule has 1 atom stereocenters. The first-order valence-corrected chi connectivity index (χ1v) is 6.17. The highest BCUT2D eigenvalue weighted by atomic mass is 32.2. The fourth-order valence-corrected chi connectivity index (χ4v) is 3.02. The molecule has 3 rings (SSSR count). The van der Waals surface area contributed by atoms with Crippen molar-refractivity contribution >= 4 is 29.7 Å². The molecule has 1 aromatic heterocycles. The van der Waals surface area contributed by atoms with E-state index in [1.54, 1.807) is 30.6 Å². The third-order valence-corrected chi connectivity index (χ3v) is 3.86. The molecule has 1 amide bonds. The first kappa shape index (κ1) is 11.0. The lowest BCUT2D eigenvalue weighted by Crippen LogP contribution is -2.51. The van der Waals surface area contributed by atoms with E-state index in [2.05, 4.69) is 4.98 Å². The lowest BCUT2D eigenvalue weighted by atomic mass is 10.0. The zero-order chi connectivity index (χ0) is 12.7. The van der Waals surface area contributed by atoms with Crippen LogP contribution in [0.4, 0.5) is 0 Å². The highest BCUT2D eigenvalue weighted by molar-refractivity contribution is 8.03. The number of carbonyl (C=O) groups excluding carboxylic acids is 1. The molecule has 0 radical (unpaired) electrons. The molecule has 5 nitrogen and oxygen atoms in total. The van der Waals surface area contributed by atoms with E-state index in [-0.39, 0.29) is 17.0 Å². The molecule has 0 aliphatic carbocycles. The molecule has 2 aliphatic heterocycles. The van der Waals surface area contributed by atoms with Crippen LogP contribution in [0.2, 0.25) is 0 Å². The van der Waals surface area contributed by atoms with Crippen LogP contribution in [0.5, 0.6) is 0 Å². The van der Waals surface area contributed by atoms with Gasteiger partial charge >= 0.3 is 5.97 Å². The Morgan fingerprint density at radius 1 is 1.44 bits per heavy atom. The van der Waals surface area contributed by atoms with Crippen LogP contribution in [-0.2, 0) is 9.59 Å².